The number of nitrogens with one attached hydrogen (secondary N) is 1. The third kappa shape index (κ3) is 4.33. The summed E-state index contributed by atoms with van der Waals surface area (Å²) in [6, 6.07) is 8.81. The third-order valence-corrected chi connectivity index (χ3v) is 4.59. The van der Waals surface area contributed by atoms with Crippen molar-refractivity contribution < 1.29 is 5.11 Å². The van der Waals surface area contributed by atoms with E-state index in [1.807, 2.05) is 24.1 Å². The normalized spacial score (nSPS) is 16.0. The van der Waals surface area contributed by atoms with Gasteiger partial charge in [0.2, 0.25) is 0 Å². The number of hydrogen-bond acceptors (Lipinski definition) is 4. The zero-order valence-electron chi connectivity index (χ0n) is 13.8. The van der Waals surface area contributed by atoms with Crippen molar-refractivity contribution in [2.24, 2.45) is 13.0 Å². The molecule has 2 N–H and O–H groups in total. The summed E-state index contributed by atoms with van der Waals surface area (Å²) in [7, 11) is 1.94. The standard InChI is InChI=1S/C18H26N4O/c1-21-13-17(12-20-21)11-19-10-15-2-4-18(5-3-15)22-8-6-16(14-23)7-9-22/h2-5,12-13,16,19,23H,6-11,14H2,1H3. The first kappa shape index (κ1) is 16.0. The van der Waals surface area contributed by atoms with Crippen molar-refractivity contribution in [1.29, 1.82) is 0 Å². The molecule has 1 aliphatic heterocycles. The molecule has 0 bridgehead atoms. The molecule has 0 radical (unpaired) electrons. The van der Waals surface area contributed by atoms with Crippen LogP contribution in [0.1, 0.15) is 24.0 Å². The molecule has 5 nitrogen and oxygen atoms in total. The Kier molecular flexibility index (Phi) is 5.31. The van der Waals surface area contributed by atoms with Crippen LogP contribution in [0.3, 0.4) is 0 Å². The molecular formula is C18H26N4O. The van der Waals surface area contributed by atoms with Crippen LogP contribution in [0.2, 0.25) is 0 Å². The maximum Gasteiger partial charge on any atom is 0.0534 e. The first-order valence-electron chi connectivity index (χ1n) is 8.37. The number of piperidine rings is 1. The van der Waals surface area contributed by atoms with Crippen LogP contribution >= 0.6 is 0 Å². The van der Waals surface area contributed by atoms with E-state index in [1.165, 1.54) is 16.8 Å². The van der Waals surface area contributed by atoms with Crippen LogP contribution in [-0.4, -0.2) is 34.6 Å². The summed E-state index contributed by atoms with van der Waals surface area (Å²) in [6.45, 7) is 4.12. The van der Waals surface area contributed by atoms with E-state index in [2.05, 4.69) is 39.6 Å². The van der Waals surface area contributed by atoms with Gasteiger partial charge in [-0.15, -0.1) is 0 Å². The monoisotopic (exact) mass is 314 g/mol. The van der Waals surface area contributed by atoms with Gasteiger partial charge in [-0.2, -0.15) is 5.10 Å². The van der Waals surface area contributed by atoms with Gasteiger partial charge in [-0.05, 0) is 36.5 Å². The molecule has 1 fully saturated rings. The molecule has 3 rings (SSSR count). The van der Waals surface area contributed by atoms with Crippen molar-refractivity contribution >= 4 is 5.69 Å². The van der Waals surface area contributed by atoms with Gasteiger partial charge < -0.3 is 15.3 Å². The van der Waals surface area contributed by atoms with Crippen LogP contribution in [0.5, 0.6) is 0 Å². The maximum atomic E-state index is 9.22. The summed E-state index contributed by atoms with van der Waals surface area (Å²) >= 11 is 0. The minimum atomic E-state index is 0.329. The van der Waals surface area contributed by atoms with Crippen LogP contribution in [0.4, 0.5) is 5.69 Å². The first-order chi connectivity index (χ1) is 11.2. The Morgan fingerprint density at radius 1 is 1.13 bits per heavy atom. The molecule has 1 aliphatic rings. The first-order valence-corrected chi connectivity index (χ1v) is 8.37. The minimum absolute atomic E-state index is 0.329. The van der Waals surface area contributed by atoms with Crippen molar-refractivity contribution in [2.75, 3.05) is 24.6 Å². The van der Waals surface area contributed by atoms with Crippen LogP contribution in [0, 0.1) is 5.92 Å². The number of nitrogens with zero attached hydrogens (tertiary/aromatic N) is 3. The van der Waals surface area contributed by atoms with Crippen LogP contribution in [0.25, 0.3) is 0 Å². The van der Waals surface area contributed by atoms with E-state index >= 15 is 0 Å². The Morgan fingerprint density at radius 3 is 2.43 bits per heavy atom. The van der Waals surface area contributed by atoms with E-state index < -0.39 is 0 Å². The molecule has 0 unspecified atom stereocenters. The summed E-state index contributed by atoms with van der Waals surface area (Å²) < 4.78 is 1.83. The number of benzene rings is 1. The van der Waals surface area contributed by atoms with Gasteiger partial charge in [0.05, 0.1) is 6.20 Å². The van der Waals surface area contributed by atoms with Crippen molar-refractivity contribution in [1.82, 2.24) is 15.1 Å². The second-order valence-corrected chi connectivity index (χ2v) is 6.41. The van der Waals surface area contributed by atoms with E-state index in [9.17, 15) is 5.11 Å². The van der Waals surface area contributed by atoms with Crippen molar-refractivity contribution in [3.05, 3.63) is 47.8 Å². The lowest BCUT2D eigenvalue weighted by Crippen LogP contribution is -2.34. The van der Waals surface area contributed by atoms with Gasteiger partial charge >= 0.3 is 0 Å². The highest BCUT2D eigenvalue weighted by molar-refractivity contribution is 5.48. The fraction of sp³-hybridized carbons (Fsp3) is 0.500. The predicted molar refractivity (Wildman–Crippen MR) is 92.2 cm³/mol. The molecule has 0 spiro atoms. The van der Waals surface area contributed by atoms with E-state index in [-0.39, 0.29) is 0 Å². The second-order valence-electron chi connectivity index (χ2n) is 6.41. The van der Waals surface area contributed by atoms with Crippen molar-refractivity contribution in [3.63, 3.8) is 0 Å². The number of anilines is 1. The molecule has 5 heteroatoms. The zero-order valence-corrected chi connectivity index (χ0v) is 13.8. The van der Waals surface area contributed by atoms with Crippen molar-refractivity contribution in [2.45, 2.75) is 25.9 Å². The molecule has 0 saturated carbocycles. The van der Waals surface area contributed by atoms with Gasteiger partial charge in [0.1, 0.15) is 0 Å². The average Bonchev–Trinajstić information content (AvgIpc) is 3.01. The van der Waals surface area contributed by atoms with Crippen LogP contribution < -0.4 is 10.2 Å². The molecule has 2 heterocycles. The summed E-state index contributed by atoms with van der Waals surface area (Å²) in [5, 5.41) is 16.8. The third-order valence-electron chi connectivity index (χ3n) is 4.59. The molecule has 1 aromatic carbocycles. The smallest absolute Gasteiger partial charge is 0.0534 e. The molecule has 124 valence electrons. The average molecular weight is 314 g/mol. The van der Waals surface area contributed by atoms with E-state index in [0.29, 0.717) is 12.5 Å². The fourth-order valence-corrected chi connectivity index (χ4v) is 3.11. The number of aryl methyl sites for hydroxylation is 1. The summed E-state index contributed by atoms with van der Waals surface area (Å²) in [6.07, 6.45) is 6.11. The Balaban J connectivity index is 1.47. The molecule has 0 aliphatic carbocycles. The lowest BCUT2D eigenvalue weighted by Gasteiger charge is -2.33. The van der Waals surface area contributed by atoms with Gasteiger partial charge in [0.25, 0.3) is 0 Å². The number of aromatic nitrogens is 2. The van der Waals surface area contributed by atoms with E-state index in [1.54, 1.807) is 0 Å². The van der Waals surface area contributed by atoms with Gasteiger partial charge in [0.15, 0.2) is 0 Å². The highest BCUT2D eigenvalue weighted by atomic mass is 16.3. The number of rotatable bonds is 6. The Hall–Kier alpha value is -1.85. The highest BCUT2D eigenvalue weighted by Gasteiger charge is 2.18. The SMILES string of the molecule is Cn1cc(CNCc2ccc(N3CCC(CO)CC3)cc2)cn1. The molecule has 1 saturated heterocycles. The highest BCUT2D eigenvalue weighted by Crippen LogP contribution is 2.23. The summed E-state index contributed by atoms with van der Waals surface area (Å²) in [4.78, 5) is 2.42. The molecule has 23 heavy (non-hydrogen) atoms. The lowest BCUT2D eigenvalue weighted by molar-refractivity contribution is 0.203. The summed E-state index contributed by atoms with van der Waals surface area (Å²) in [5.74, 6) is 0.488. The quantitative estimate of drug-likeness (QED) is 0.855. The molecular weight excluding hydrogens is 288 g/mol. The van der Waals surface area contributed by atoms with Crippen LogP contribution in [0.15, 0.2) is 36.7 Å². The number of hydrogen-bond donors (Lipinski definition) is 2. The summed E-state index contributed by atoms with van der Waals surface area (Å²) in [5.41, 5.74) is 3.79. The topological polar surface area (TPSA) is 53.3 Å². The Morgan fingerprint density at radius 2 is 1.83 bits per heavy atom. The lowest BCUT2D eigenvalue weighted by atomic mass is 9.97. The van der Waals surface area contributed by atoms with Crippen molar-refractivity contribution in [3.8, 4) is 0 Å². The second kappa shape index (κ2) is 7.62. The molecule has 1 aromatic heterocycles. The van der Waals surface area contributed by atoms with Gasteiger partial charge in [0, 0.05) is 57.3 Å². The molecule has 0 amide bonds. The predicted octanol–water partition coefficient (Wildman–Crippen LogP) is 1.92. The minimum Gasteiger partial charge on any atom is -0.396 e. The van der Waals surface area contributed by atoms with E-state index in [0.717, 1.165) is 39.0 Å². The number of aliphatic hydroxyl groups excluding tert-OH is 1. The van der Waals surface area contributed by atoms with Crippen LogP contribution in [-0.2, 0) is 20.1 Å². The van der Waals surface area contributed by atoms with Gasteiger partial charge in [-0.3, -0.25) is 4.68 Å². The fourth-order valence-electron chi connectivity index (χ4n) is 3.11. The van der Waals surface area contributed by atoms with Gasteiger partial charge in [-0.25, -0.2) is 0 Å². The van der Waals surface area contributed by atoms with Gasteiger partial charge in [-0.1, -0.05) is 12.1 Å². The molecule has 2 aromatic rings. The Labute approximate surface area is 137 Å². The molecule has 0 atom stereocenters. The Bertz CT molecular complexity index is 600. The zero-order chi connectivity index (χ0) is 16.1. The maximum absolute atomic E-state index is 9.22. The largest absolute Gasteiger partial charge is 0.396 e. The number of aliphatic hydroxyl groups is 1. The van der Waals surface area contributed by atoms with E-state index in [4.69, 9.17) is 0 Å².